The molecule has 1 N–H and O–H groups in total. The summed E-state index contributed by atoms with van der Waals surface area (Å²) in [5, 5.41) is 1.22. The fourth-order valence-electron chi connectivity index (χ4n) is 1.33. The van der Waals surface area contributed by atoms with Crippen LogP contribution in [0.1, 0.15) is 54.4 Å². The zero-order chi connectivity index (χ0) is 14.8. The summed E-state index contributed by atoms with van der Waals surface area (Å²) in [5.74, 6) is 0. The van der Waals surface area contributed by atoms with Gasteiger partial charge in [-0.15, -0.1) is 0 Å². The Morgan fingerprint density at radius 2 is 1.47 bits per heavy atom. The summed E-state index contributed by atoms with van der Waals surface area (Å²) in [5.41, 5.74) is 1.25. The Hall–Kier alpha value is -1.46. The van der Waals surface area contributed by atoms with E-state index in [2.05, 4.69) is 5.43 Å². The number of nitrogens with zero attached hydrogens (tertiary/aromatic N) is 1. The number of rotatable bonds is 1. The van der Waals surface area contributed by atoms with E-state index in [1.54, 1.807) is 41.5 Å². The Kier molecular flexibility index (Phi) is 4.32. The fraction of sp³-hybridized carbons (Fsp3) is 0.846. The van der Waals surface area contributed by atoms with Gasteiger partial charge in [-0.2, -0.15) is 0 Å². The second kappa shape index (κ2) is 5.27. The molecule has 0 aromatic carbocycles. The van der Waals surface area contributed by atoms with E-state index in [1.807, 2.05) is 0 Å². The van der Waals surface area contributed by atoms with Crippen LogP contribution in [-0.2, 0) is 9.47 Å². The zero-order valence-electron chi connectivity index (χ0n) is 12.6. The molecule has 0 aromatic heterocycles. The molecule has 0 saturated heterocycles. The molecule has 0 bridgehead atoms. The highest BCUT2D eigenvalue weighted by Crippen LogP contribution is 2.27. The maximum absolute atomic E-state index is 12.0. The van der Waals surface area contributed by atoms with E-state index in [9.17, 15) is 9.59 Å². The van der Waals surface area contributed by atoms with Crippen molar-refractivity contribution in [3.8, 4) is 0 Å². The van der Waals surface area contributed by atoms with E-state index in [0.29, 0.717) is 0 Å². The Morgan fingerprint density at radius 3 is 1.84 bits per heavy atom. The predicted octanol–water partition coefficient (Wildman–Crippen LogP) is 2.83. The smallest absolute Gasteiger partial charge is 0.429 e. The SMILES string of the molecule is CC(C)(C)OC(=O)NN(C(=O)OC(C)(C)C)C1CC1. The molecule has 2 amide bonds. The molecule has 0 heterocycles. The molecule has 0 aliphatic heterocycles. The lowest BCUT2D eigenvalue weighted by Gasteiger charge is -2.28. The largest absolute Gasteiger partial charge is 0.443 e. The van der Waals surface area contributed by atoms with Crippen molar-refractivity contribution in [3.05, 3.63) is 0 Å². The fourth-order valence-corrected chi connectivity index (χ4v) is 1.33. The molecule has 6 nitrogen and oxygen atoms in total. The first kappa shape index (κ1) is 15.6. The van der Waals surface area contributed by atoms with Gasteiger partial charge in [-0.05, 0) is 54.4 Å². The van der Waals surface area contributed by atoms with Gasteiger partial charge in [0, 0.05) is 0 Å². The van der Waals surface area contributed by atoms with Gasteiger partial charge in [0.1, 0.15) is 11.2 Å². The van der Waals surface area contributed by atoms with Crippen LogP contribution in [0.25, 0.3) is 0 Å². The van der Waals surface area contributed by atoms with Crippen molar-refractivity contribution in [2.75, 3.05) is 0 Å². The second-order valence-corrected chi connectivity index (χ2v) is 6.70. The number of hydrazine groups is 1. The maximum atomic E-state index is 12.0. The van der Waals surface area contributed by atoms with Gasteiger partial charge < -0.3 is 9.47 Å². The molecule has 1 saturated carbocycles. The average molecular weight is 272 g/mol. The minimum absolute atomic E-state index is 0.00219. The molecule has 110 valence electrons. The van der Waals surface area contributed by atoms with Gasteiger partial charge in [-0.3, -0.25) is 0 Å². The normalized spacial score (nSPS) is 15.7. The maximum Gasteiger partial charge on any atom is 0.429 e. The highest BCUT2D eigenvalue weighted by molar-refractivity contribution is 5.75. The highest BCUT2D eigenvalue weighted by Gasteiger charge is 2.37. The van der Waals surface area contributed by atoms with E-state index in [1.165, 1.54) is 5.01 Å². The summed E-state index contributed by atoms with van der Waals surface area (Å²) in [6.45, 7) is 10.6. The van der Waals surface area contributed by atoms with Gasteiger partial charge in [0.2, 0.25) is 0 Å². The van der Waals surface area contributed by atoms with E-state index in [4.69, 9.17) is 9.47 Å². The number of carbonyl (C=O) groups excluding carboxylic acids is 2. The number of amides is 2. The lowest BCUT2D eigenvalue weighted by molar-refractivity contribution is -0.000694. The monoisotopic (exact) mass is 272 g/mol. The van der Waals surface area contributed by atoms with Crippen LogP contribution in [0.15, 0.2) is 0 Å². The Labute approximate surface area is 114 Å². The minimum atomic E-state index is -0.648. The third-order valence-electron chi connectivity index (χ3n) is 2.11. The van der Waals surface area contributed by atoms with Gasteiger partial charge in [-0.25, -0.2) is 20.0 Å². The lowest BCUT2D eigenvalue weighted by Crippen LogP contribution is -2.50. The topological polar surface area (TPSA) is 67.9 Å². The van der Waals surface area contributed by atoms with Gasteiger partial charge in [0.15, 0.2) is 0 Å². The molecule has 0 radical (unpaired) electrons. The van der Waals surface area contributed by atoms with Crippen LogP contribution in [0.2, 0.25) is 0 Å². The first-order valence-corrected chi connectivity index (χ1v) is 6.50. The van der Waals surface area contributed by atoms with Crippen molar-refractivity contribution < 1.29 is 19.1 Å². The Balaban J connectivity index is 2.59. The molecular formula is C13H24N2O4. The lowest BCUT2D eigenvalue weighted by atomic mass is 10.2. The van der Waals surface area contributed by atoms with E-state index in [0.717, 1.165) is 12.8 Å². The summed E-state index contributed by atoms with van der Waals surface area (Å²) >= 11 is 0. The molecular weight excluding hydrogens is 248 g/mol. The predicted molar refractivity (Wildman–Crippen MR) is 70.5 cm³/mol. The summed E-state index contributed by atoms with van der Waals surface area (Å²) in [7, 11) is 0. The van der Waals surface area contributed by atoms with Gasteiger partial charge in [0.25, 0.3) is 0 Å². The Bertz CT molecular complexity index is 351. The van der Waals surface area contributed by atoms with Crippen molar-refractivity contribution in [2.24, 2.45) is 0 Å². The number of hydrogen-bond acceptors (Lipinski definition) is 4. The third kappa shape index (κ3) is 6.31. The van der Waals surface area contributed by atoms with Gasteiger partial charge >= 0.3 is 12.2 Å². The van der Waals surface area contributed by atoms with Crippen molar-refractivity contribution in [1.29, 1.82) is 0 Å². The highest BCUT2D eigenvalue weighted by atomic mass is 16.6. The van der Waals surface area contributed by atoms with Crippen LogP contribution >= 0.6 is 0 Å². The standard InChI is InChI=1S/C13H24N2O4/c1-12(2,3)18-10(16)14-15(9-7-8-9)11(17)19-13(4,5)6/h9H,7-8H2,1-6H3,(H,14,16). The van der Waals surface area contributed by atoms with Crippen molar-refractivity contribution in [3.63, 3.8) is 0 Å². The van der Waals surface area contributed by atoms with Crippen molar-refractivity contribution in [1.82, 2.24) is 10.4 Å². The zero-order valence-corrected chi connectivity index (χ0v) is 12.6. The van der Waals surface area contributed by atoms with Crippen LogP contribution in [0.5, 0.6) is 0 Å². The van der Waals surface area contributed by atoms with Crippen LogP contribution in [0, 0.1) is 0 Å². The van der Waals surface area contributed by atoms with Gasteiger partial charge in [0.05, 0.1) is 6.04 Å². The summed E-state index contributed by atoms with van der Waals surface area (Å²) < 4.78 is 10.4. The molecule has 0 aromatic rings. The van der Waals surface area contributed by atoms with Crippen molar-refractivity contribution in [2.45, 2.75) is 71.6 Å². The van der Waals surface area contributed by atoms with E-state index >= 15 is 0 Å². The first-order valence-electron chi connectivity index (χ1n) is 6.50. The molecule has 0 atom stereocenters. The van der Waals surface area contributed by atoms with Gasteiger partial charge in [-0.1, -0.05) is 0 Å². The summed E-state index contributed by atoms with van der Waals surface area (Å²) in [6, 6.07) is 0.00219. The molecule has 1 rings (SSSR count). The summed E-state index contributed by atoms with van der Waals surface area (Å²) in [4.78, 5) is 23.7. The van der Waals surface area contributed by atoms with Crippen LogP contribution in [0.4, 0.5) is 9.59 Å². The molecule has 0 spiro atoms. The molecule has 0 unspecified atom stereocenters. The Morgan fingerprint density at radius 1 is 1.00 bits per heavy atom. The summed E-state index contributed by atoms with van der Waals surface area (Å²) in [6.07, 6.45) is 0.510. The van der Waals surface area contributed by atoms with Crippen LogP contribution in [-0.4, -0.2) is 34.4 Å². The second-order valence-electron chi connectivity index (χ2n) is 6.70. The number of nitrogens with one attached hydrogen (secondary N) is 1. The molecule has 6 heteroatoms. The molecule has 1 aliphatic carbocycles. The van der Waals surface area contributed by atoms with Crippen LogP contribution < -0.4 is 5.43 Å². The third-order valence-corrected chi connectivity index (χ3v) is 2.11. The number of hydrogen-bond donors (Lipinski definition) is 1. The van der Waals surface area contributed by atoms with Crippen molar-refractivity contribution >= 4 is 12.2 Å². The van der Waals surface area contributed by atoms with E-state index in [-0.39, 0.29) is 6.04 Å². The van der Waals surface area contributed by atoms with E-state index < -0.39 is 23.4 Å². The first-order chi connectivity index (χ1) is 8.48. The molecule has 1 aliphatic rings. The molecule has 1 fully saturated rings. The minimum Gasteiger partial charge on any atom is -0.443 e. The quantitative estimate of drug-likeness (QED) is 0.745. The van der Waals surface area contributed by atoms with Crippen LogP contribution in [0.3, 0.4) is 0 Å². The number of carbonyl (C=O) groups is 2. The average Bonchev–Trinajstić information content (AvgIpc) is 2.90. The molecule has 19 heavy (non-hydrogen) atoms. The number of ether oxygens (including phenoxy) is 2.